The molecular weight excluding hydrogens is 372 g/mol. The molecule has 0 aromatic carbocycles. The highest BCUT2D eigenvalue weighted by Gasteiger charge is 2.40. The van der Waals surface area contributed by atoms with Crippen LogP contribution in [0.1, 0.15) is 72.6 Å². The van der Waals surface area contributed by atoms with Crippen molar-refractivity contribution in [2.75, 3.05) is 13.2 Å². The van der Waals surface area contributed by atoms with E-state index in [4.69, 9.17) is 18.6 Å². The van der Waals surface area contributed by atoms with Gasteiger partial charge in [-0.3, -0.25) is 0 Å². The van der Waals surface area contributed by atoms with Crippen molar-refractivity contribution < 1.29 is 23.4 Å². The van der Waals surface area contributed by atoms with Gasteiger partial charge in [0.1, 0.15) is 0 Å². The number of hydrogen-bond donors (Lipinski definition) is 0. The highest BCUT2D eigenvalue weighted by Crippen LogP contribution is 2.39. The van der Waals surface area contributed by atoms with Crippen LogP contribution in [0.15, 0.2) is 12.2 Å². The minimum Gasteiger partial charge on any atom is -0.460 e. The molecular formula is C22H40O5Si. The molecule has 0 bridgehead atoms. The van der Waals surface area contributed by atoms with E-state index < -0.39 is 14.1 Å². The van der Waals surface area contributed by atoms with Crippen molar-refractivity contribution in [1.82, 2.24) is 0 Å². The number of rotatable bonds is 2. The Morgan fingerprint density at radius 3 is 2.39 bits per heavy atom. The zero-order valence-corrected chi connectivity index (χ0v) is 19.7. The molecule has 2 aliphatic heterocycles. The molecule has 5 nitrogen and oxygen atoms in total. The first-order valence-electron chi connectivity index (χ1n) is 10.9. The zero-order chi connectivity index (χ0) is 20.8. The summed E-state index contributed by atoms with van der Waals surface area (Å²) in [6.07, 6.45) is 9.77. The van der Waals surface area contributed by atoms with E-state index in [0.29, 0.717) is 13.2 Å². The fourth-order valence-electron chi connectivity index (χ4n) is 3.51. The van der Waals surface area contributed by atoms with Crippen LogP contribution < -0.4 is 0 Å². The normalized spacial score (nSPS) is 29.3. The average Bonchev–Trinajstić information content (AvgIpc) is 3.04. The Bertz CT molecular complexity index is 532. The van der Waals surface area contributed by atoms with Crippen molar-refractivity contribution in [3.05, 3.63) is 12.2 Å². The van der Waals surface area contributed by atoms with Gasteiger partial charge in [-0.05, 0) is 56.8 Å². The first-order valence-corrected chi connectivity index (χ1v) is 13.8. The van der Waals surface area contributed by atoms with E-state index in [2.05, 4.69) is 33.9 Å². The minimum absolute atomic E-state index is 0.0622. The fraction of sp³-hybridized carbons (Fsp3) is 0.864. The van der Waals surface area contributed by atoms with E-state index in [-0.39, 0.29) is 23.2 Å². The number of esters is 1. The molecule has 162 valence electrons. The number of carbonyl (C=O) groups excluding carboxylic acids is 1. The maximum atomic E-state index is 12.2. The quantitative estimate of drug-likeness (QED) is 0.452. The molecule has 0 radical (unpaired) electrons. The summed E-state index contributed by atoms with van der Waals surface area (Å²) < 4.78 is 24.2. The molecule has 0 aromatic heterocycles. The van der Waals surface area contributed by atoms with Crippen molar-refractivity contribution in [3.63, 3.8) is 0 Å². The van der Waals surface area contributed by atoms with Gasteiger partial charge in [0.25, 0.3) is 0 Å². The molecule has 0 amide bonds. The number of hydrogen-bond acceptors (Lipinski definition) is 5. The van der Waals surface area contributed by atoms with Gasteiger partial charge < -0.3 is 18.6 Å². The first-order chi connectivity index (χ1) is 13.0. The van der Waals surface area contributed by atoms with Gasteiger partial charge in [0.15, 0.2) is 14.1 Å². The van der Waals surface area contributed by atoms with Crippen LogP contribution in [0.5, 0.6) is 0 Å². The molecule has 2 heterocycles. The third kappa shape index (κ3) is 6.97. The lowest BCUT2D eigenvalue weighted by atomic mass is 9.99. The maximum Gasteiger partial charge on any atom is 0.330 e. The minimum atomic E-state index is -1.97. The molecule has 1 spiro atoms. The summed E-state index contributed by atoms with van der Waals surface area (Å²) in [4.78, 5) is 12.2. The van der Waals surface area contributed by atoms with Gasteiger partial charge in [-0.25, -0.2) is 4.79 Å². The average molecular weight is 413 g/mol. The Morgan fingerprint density at radius 2 is 1.75 bits per heavy atom. The van der Waals surface area contributed by atoms with Gasteiger partial charge in [0.2, 0.25) is 0 Å². The molecule has 0 saturated carbocycles. The highest BCUT2D eigenvalue weighted by atomic mass is 28.4. The Labute approximate surface area is 172 Å². The van der Waals surface area contributed by atoms with Gasteiger partial charge >= 0.3 is 5.97 Å². The van der Waals surface area contributed by atoms with Gasteiger partial charge in [0.05, 0.1) is 25.4 Å². The molecule has 1 fully saturated rings. The summed E-state index contributed by atoms with van der Waals surface area (Å²) in [5.41, 5.74) is 0. The SMILES string of the molecule is C[C@H]1CCCCCC2(CCC(O[Si](C)(C)C(C)(C)C)/C=C/C(=O)O1)OCCO2. The van der Waals surface area contributed by atoms with E-state index >= 15 is 0 Å². The van der Waals surface area contributed by atoms with Crippen LogP contribution in [-0.2, 0) is 23.4 Å². The summed E-state index contributed by atoms with van der Waals surface area (Å²) in [5, 5.41) is 0.104. The van der Waals surface area contributed by atoms with E-state index in [0.717, 1.165) is 44.9 Å². The second kappa shape index (κ2) is 9.87. The van der Waals surface area contributed by atoms with E-state index in [1.807, 2.05) is 13.0 Å². The molecule has 0 N–H and O–H groups in total. The largest absolute Gasteiger partial charge is 0.460 e. The summed E-state index contributed by atoms with van der Waals surface area (Å²) in [7, 11) is -1.97. The van der Waals surface area contributed by atoms with Crippen molar-refractivity contribution in [1.29, 1.82) is 0 Å². The standard InChI is InChI=1S/C22H40O5Si/c1-18-10-8-7-9-14-22(24-16-17-25-22)15-13-19(11-12-20(23)26-18)27-28(5,6)21(2,3)4/h11-12,18-19H,7-10,13-17H2,1-6H3/b12-11+/t18-,19?/m0/s1. The molecule has 28 heavy (non-hydrogen) atoms. The van der Waals surface area contributed by atoms with Crippen LogP contribution in [0.25, 0.3) is 0 Å². The predicted molar refractivity (Wildman–Crippen MR) is 114 cm³/mol. The third-order valence-electron chi connectivity index (χ3n) is 6.31. The predicted octanol–water partition coefficient (Wildman–Crippen LogP) is 5.35. The lowest BCUT2D eigenvalue weighted by Gasteiger charge is -2.39. The van der Waals surface area contributed by atoms with Crippen LogP contribution >= 0.6 is 0 Å². The van der Waals surface area contributed by atoms with Crippen molar-refractivity contribution >= 4 is 14.3 Å². The van der Waals surface area contributed by atoms with Crippen LogP contribution in [0, 0.1) is 0 Å². The molecule has 0 aromatic rings. The highest BCUT2D eigenvalue weighted by molar-refractivity contribution is 6.74. The molecule has 2 aliphatic rings. The monoisotopic (exact) mass is 412 g/mol. The van der Waals surface area contributed by atoms with E-state index in [1.54, 1.807) is 6.08 Å². The molecule has 6 heteroatoms. The molecule has 1 unspecified atom stereocenters. The van der Waals surface area contributed by atoms with Crippen LogP contribution in [0.3, 0.4) is 0 Å². The maximum absolute atomic E-state index is 12.2. The third-order valence-corrected chi connectivity index (χ3v) is 10.8. The van der Waals surface area contributed by atoms with Crippen molar-refractivity contribution in [2.45, 2.75) is 109 Å². The van der Waals surface area contributed by atoms with E-state index in [9.17, 15) is 4.79 Å². The first kappa shape index (κ1) is 23.6. The number of cyclic esters (lactones) is 1. The topological polar surface area (TPSA) is 54.0 Å². The van der Waals surface area contributed by atoms with Crippen LogP contribution in [0.4, 0.5) is 0 Å². The Balaban J connectivity index is 2.17. The molecule has 1 saturated heterocycles. The van der Waals surface area contributed by atoms with Gasteiger partial charge in [-0.1, -0.05) is 27.2 Å². The fourth-order valence-corrected chi connectivity index (χ4v) is 4.81. The van der Waals surface area contributed by atoms with Crippen LogP contribution in [-0.4, -0.2) is 45.5 Å². The van der Waals surface area contributed by atoms with Gasteiger partial charge in [-0.2, -0.15) is 0 Å². The summed E-state index contributed by atoms with van der Waals surface area (Å²) in [6.45, 7) is 14.5. The lowest BCUT2D eigenvalue weighted by Crippen LogP contribution is -2.44. The number of carbonyl (C=O) groups is 1. The van der Waals surface area contributed by atoms with E-state index in [1.165, 1.54) is 0 Å². The summed E-state index contributed by atoms with van der Waals surface area (Å²) in [5.74, 6) is -0.768. The number of ether oxygens (including phenoxy) is 3. The lowest BCUT2D eigenvalue weighted by molar-refractivity contribution is -0.170. The molecule has 2 rings (SSSR count). The smallest absolute Gasteiger partial charge is 0.330 e. The van der Waals surface area contributed by atoms with Crippen molar-refractivity contribution in [3.8, 4) is 0 Å². The second-order valence-electron chi connectivity index (χ2n) is 9.77. The molecule has 2 atom stereocenters. The van der Waals surface area contributed by atoms with Gasteiger partial charge in [-0.15, -0.1) is 0 Å². The second-order valence-corrected chi connectivity index (χ2v) is 14.5. The Morgan fingerprint density at radius 1 is 1.07 bits per heavy atom. The summed E-state index contributed by atoms with van der Waals surface area (Å²) in [6, 6.07) is 0. The Hall–Kier alpha value is -0.693. The summed E-state index contributed by atoms with van der Waals surface area (Å²) >= 11 is 0. The van der Waals surface area contributed by atoms with Crippen LogP contribution in [0.2, 0.25) is 18.1 Å². The van der Waals surface area contributed by atoms with Crippen molar-refractivity contribution in [2.24, 2.45) is 0 Å². The zero-order valence-electron chi connectivity index (χ0n) is 18.7. The van der Waals surface area contributed by atoms with Gasteiger partial charge in [0, 0.05) is 18.9 Å². The Kier molecular flexibility index (Phi) is 8.32. The molecule has 0 aliphatic carbocycles.